The fourth-order valence-electron chi connectivity index (χ4n) is 2.16. The first-order valence-electron chi connectivity index (χ1n) is 8.04. The molecule has 0 atom stereocenters. The molecule has 0 aliphatic heterocycles. The lowest BCUT2D eigenvalue weighted by atomic mass is 10.2. The molecule has 1 aromatic rings. The van der Waals surface area contributed by atoms with Crippen molar-refractivity contribution in [2.75, 3.05) is 31.3 Å². The van der Waals surface area contributed by atoms with Crippen molar-refractivity contribution in [1.29, 1.82) is 0 Å². The van der Waals surface area contributed by atoms with Crippen LogP contribution in [0.2, 0.25) is 0 Å². The van der Waals surface area contributed by atoms with Crippen LogP contribution in [0.15, 0.2) is 11.4 Å². The van der Waals surface area contributed by atoms with Crippen LogP contribution in [0.3, 0.4) is 0 Å². The molecule has 1 heterocycles. The lowest BCUT2D eigenvalue weighted by Crippen LogP contribution is -2.24. The van der Waals surface area contributed by atoms with E-state index in [1.165, 1.54) is 37.7 Å². The average Bonchev–Trinajstić information content (AvgIpc) is 2.52. The van der Waals surface area contributed by atoms with Gasteiger partial charge < -0.3 is 10.2 Å². The SMILES string of the molecule is CCCCCNCc1cnc(SC)nc1N(C)CCCC. The normalized spacial score (nSPS) is 10.9. The van der Waals surface area contributed by atoms with Gasteiger partial charge in [-0.05, 0) is 25.6 Å². The molecule has 1 aromatic heterocycles. The summed E-state index contributed by atoms with van der Waals surface area (Å²) in [6, 6.07) is 0. The number of hydrogen-bond acceptors (Lipinski definition) is 5. The van der Waals surface area contributed by atoms with Crippen molar-refractivity contribution in [2.24, 2.45) is 0 Å². The summed E-state index contributed by atoms with van der Waals surface area (Å²) in [5.74, 6) is 1.07. The van der Waals surface area contributed by atoms with Crippen molar-refractivity contribution < 1.29 is 0 Å². The summed E-state index contributed by atoms with van der Waals surface area (Å²) in [5, 5.41) is 4.36. The summed E-state index contributed by atoms with van der Waals surface area (Å²) in [6.45, 7) is 7.41. The molecule has 0 bridgehead atoms. The van der Waals surface area contributed by atoms with Gasteiger partial charge in [0.2, 0.25) is 0 Å². The molecule has 120 valence electrons. The van der Waals surface area contributed by atoms with Crippen LogP contribution in [-0.4, -0.2) is 36.4 Å². The van der Waals surface area contributed by atoms with E-state index >= 15 is 0 Å². The van der Waals surface area contributed by atoms with Crippen molar-refractivity contribution in [3.05, 3.63) is 11.8 Å². The number of nitrogens with zero attached hydrogens (tertiary/aromatic N) is 3. The van der Waals surface area contributed by atoms with Gasteiger partial charge in [0.1, 0.15) is 5.82 Å². The summed E-state index contributed by atoms with van der Waals surface area (Å²) < 4.78 is 0. The first kappa shape index (κ1) is 18.2. The number of rotatable bonds is 11. The van der Waals surface area contributed by atoms with Crippen molar-refractivity contribution in [2.45, 2.75) is 57.7 Å². The van der Waals surface area contributed by atoms with Crippen LogP contribution < -0.4 is 10.2 Å². The van der Waals surface area contributed by atoms with E-state index in [9.17, 15) is 0 Å². The summed E-state index contributed by atoms with van der Waals surface area (Å²) >= 11 is 1.60. The molecule has 0 aromatic carbocycles. The van der Waals surface area contributed by atoms with Gasteiger partial charge in [0.15, 0.2) is 5.16 Å². The minimum absolute atomic E-state index is 0.850. The Balaban J connectivity index is 2.67. The number of aromatic nitrogens is 2. The third-order valence-corrected chi connectivity index (χ3v) is 4.05. The van der Waals surface area contributed by atoms with Crippen LogP contribution in [0.25, 0.3) is 0 Å². The van der Waals surface area contributed by atoms with Crippen molar-refractivity contribution in [3.63, 3.8) is 0 Å². The highest BCUT2D eigenvalue weighted by molar-refractivity contribution is 7.98. The van der Waals surface area contributed by atoms with Gasteiger partial charge in [-0.15, -0.1) is 0 Å². The maximum Gasteiger partial charge on any atom is 0.189 e. The van der Waals surface area contributed by atoms with Gasteiger partial charge in [-0.1, -0.05) is 44.9 Å². The van der Waals surface area contributed by atoms with Gasteiger partial charge in [0.05, 0.1) is 0 Å². The highest BCUT2D eigenvalue weighted by atomic mass is 32.2. The number of anilines is 1. The highest BCUT2D eigenvalue weighted by Crippen LogP contribution is 2.20. The molecule has 0 amide bonds. The molecular formula is C16H30N4S. The summed E-state index contributed by atoms with van der Waals surface area (Å²) in [6.07, 6.45) is 10.2. The van der Waals surface area contributed by atoms with Crippen molar-refractivity contribution >= 4 is 17.6 Å². The van der Waals surface area contributed by atoms with Gasteiger partial charge in [-0.25, -0.2) is 9.97 Å². The predicted octanol–water partition coefficient (Wildman–Crippen LogP) is 3.71. The monoisotopic (exact) mass is 310 g/mol. The van der Waals surface area contributed by atoms with Crippen molar-refractivity contribution in [3.8, 4) is 0 Å². The Labute approximate surface area is 134 Å². The van der Waals surface area contributed by atoms with Gasteiger partial charge in [-0.2, -0.15) is 0 Å². The molecule has 0 radical (unpaired) electrons. The Kier molecular flexibility index (Phi) is 9.42. The third-order valence-electron chi connectivity index (χ3n) is 3.48. The molecule has 4 nitrogen and oxygen atoms in total. The van der Waals surface area contributed by atoms with E-state index < -0.39 is 0 Å². The topological polar surface area (TPSA) is 41.1 Å². The molecule has 0 fully saturated rings. The zero-order valence-electron chi connectivity index (χ0n) is 14.0. The molecule has 0 aliphatic rings. The number of thioether (sulfide) groups is 1. The van der Waals surface area contributed by atoms with E-state index in [2.05, 4.69) is 36.1 Å². The number of nitrogens with one attached hydrogen (secondary N) is 1. The Morgan fingerprint density at radius 3 is 2.62 bits per heavy atom. The first-order chi connectivity index (χ1) is 10.2. The number of unbranched alkanes of at least 4 members (excludes halogenated alkanes) is 3. The van der Waals surface area contributed by atoms with Gasteiger partial charge >= 0.3 is 0 Å². The minimum atomic E-state index is 0.850. The molecule has 0 aliphatic carbocycles. The average molecular weight is 311 g/mol. The van der Waals surface area contributed by atoms with Crippen LogP contribution in [-0.2, 0) is 6.54 Å². The zero-order valence-corrected chi connectivity index (χ0v) is 14.8. The van der Waals surface area contributed by atoms with E-state index in [4.69, 9.17) is 4.98 Å². The second kappa shape index (κ2) is 10.9. The van der Waals surface area contributed by atoms with Crippen LogP contribution in [0.1, 0.15) is 51.5 Å². The lowest BCUT2D eigenvalue weighted by molar-refractivity contribution is 0.612. The minimum Gasteiger partial charge on any atom is -0.359 e. The Morgan fingerprint density at radius 2 is 1.95 bits per heavy atom. The highest BCUT2D eigenvalue weighted by Gasteiger charge is 2.11. The van der Waals surface area contributed by atoms with E-state index in [-0.39, 0.29) is 0 Å². The second-order valence-electron chi connectivity index (χ2n) is 5.36. The standard InChI is InChI=1S/C16H30N4S/c1-5-7-9-10-17-12-14-13-18-16(21-4)19-15(14)20(3)11-8-6-2/h13,17H,5-12H2,1-4H3. The Morgan fingerprint density at radius 1 is 1.19 bits per heavy atom. The molecular weight excluding hydrogens is 280 g/mol. The Bertz CT molecular complexity index is 398. The quantitative estimate of drug-likeness (QED) is 0.383. The second-order valence-corrected chi connectivity index (χ2v) is 6.14. The van der Waals surface area contributed by atoms with E-state index in [1.807, 2.05) is 12.5 Å². The van der Waals surface area contributed by atoms with Gasteiger partial charge in [0.25, 0.3) is 0 Å². The molecule has 0 spiro atoms. The lowest BCUT2D eigenvalue weighted by Gasteiger charge is -2.21. The summed E-state index contributed by atoms with van der Waals surface area (Å²) in [5.41, 5.74) is 1.20. The van der Waals surface area contributed by atoms with Gasteiger partial charge in [0, 0.05) is 31.9 Å². The summed E-state index contributed by atoms with van der Waals surface area (Å²) in [4.78, 5) is 11.4. The smallest absolute Gasteiger partial charge is 0.189 e. The maximum atomic E-state index is 4.70. The largest absolute Gasteiger partial charge is 0.359 e. The maximum absolute atomic E-state index is 4.70. The Hall–Kier alpha value is -0.810. The molecule has 1 rings (SSSR count). The third kappa shape index (κ3) is 6.66. The predicted molar refractivity (Wildman–Crippen MR) is 93.2 cm³/mol. The molecule has 0 saturated carbocycles. The summed E-state index contributed by atoms with van der Waals surface area (Å²) in [7, 11) is 2.13. The first-order valence-corrected chi connectivity index (χ1v) is 9.27. The molecule has 0 saturated heterocycles. The number of hydrogen-bond donors (Lipinski definition) is 1. The van der Waals surface area contributed by atoms with E-state index in [0.717, 1.165) is 30.6 Å². The van der Waals surface area contributed by atoms with Crippen molar-refractivity contribution in [1.82, 2.24) is 15.3 Å². The van der Waals surface area contributed by atoms with E-state index in [1.54, 1.807) is 11.8 Å². The zero-order chi connectivity index (χ0) is 15.5. The molecule has 1 N–H and O–H groups in total. The fourth-order valence-corrected chi connectivity index (χ4v) is 2.50. The fraction of sp³-hybridized carbons (Fsp3) is 0.750. The van der Waals surface area contributed by atoms with Crippen LogP contribution in [0.5, 0.6) is 0 Å². The molecule has 0 unspecified atom stereocenters. The van der Waals surface area contributed by atoms with Crippen LogP contribution in [0.4, 0.5) is 5.82 Å². The van der Waals surface area contributed by atoms with E-state index in [0.29, 0.717) is 0 Å². The van der Waals surface area contributed by atoms with Crippen LogP contribution >= 0.6 is 11.8 Å². The van der Waals surface area contributed by atoms with Crippen LogP contribution in [0, 0.1) is 0 Å². The molecule has 21 heavy (non-hydrogen) atoms. The van der Waals surface area contributed by atoms with Gasteiger partial charge in [-0.3, -0.25) is 0 Å². The molecule has 5 heteroatoms.